The van der Waals surface area contributed by atoms with Crippen LogP contribution in [0.5, 0.6) is 5.88 Å². The van der Waals surface area contributed by atoms with Gasteiger partial charge in [-0.15, -0.1) is 0 Å². The van der Waals surface area contributed by atoms with Crippen LogP contribution in [0.3, 0.4) is 0 Å². The number of sulfonamides is 1. The van der Waals surface area contributed by atoms with E-state index in [4.69, 9.17) is 4.74 Å². The molecule has 0 radical (unpaired) electrons. The molecule has 0 saturated carbocycles. The van der Waals surface area contributed by atoms with Crippen molar-refractivity contribution in [1.29, 1.82) is 0 Å². The molecule has 1 heterocycles. The number of aromatic nitrogens is 1. The van der Waals surface area contributed by atoms with E-state index in [1.165, 1.54) is 31.5 Å². The van der Waals surface area contributed by atoms with Gasteiger partial charge in [0.15, 0.2) is 0 Å². The first-order valence-electron chi connectivity index (χ1n) is 7.66. The monoisotopic (exact) mass is 372 g/mol. The molecule has 8 heteroatoms. The van der Waals surface area contributed by atoms with Crippen molar-refractivity contribution in [3.05, 3.63) is 60.8 Å². The lowest BCUT2D eigenvalue weighted by atomic mass is 10.1. The zero-order valence-corrected chi connectivity index (χ0v) is 14.7. The summed E-state index contributed by atoms with van der Waals surface area (Å²) in [6, 6.07) is 14.8. The number of pyridine rings is 1. The molecule has 1 N–H and O–H groups in total. The third-order valence-electron chi connectivity index (χ3n) is 3.81. The molecule has 0 spiro atoms. The van der Waals surface area contributed by atoms with Crippen molar-refractivity contribution in [2.45, 2.75) is 4.90 Å². The molecule has 0 aliphatic heterocycles. The first-order valence-corrected chi connectivity index (χ1v) is 9.10. The Hall–Kier alpha value is -3.13. The molecule has 0 aliphatic carbocycles. The number of benzene rings is 2. The van der Waals surface area contributed by atoms with Gasteiger partial charge in [0.2, 0.25) is 5.88 Å². The van der Waals surface area contributed by atoms with Crippen molar-refractivity contribution in [3.63, 3.8) is 0 Å². The number of ether oxygens (including phenoxy) is 1. The molecule has 0 atom stereocenters. The van der Waals surface area contributed by atoms with E-state index in [2.05, 4.69) is 4.98 Å². The number of carbonyl (C=O) groups is 1. The van der Waals surface area contributed by atoms with Crippen molar-refractivity contribution >= 4 is 32.5 Å². The Morgan fingerprint density at radius 3 is 2.58 bits per heavy atom. The highest BCUT2D eigenvalue weighted by molar-refractivity contribution is 7.93. The van der Waals surface area contributed by atoms with Crippen LogP contribution in [0.15, 0.2) is 65.7 Å². The number of rotatable bonds is 6. The fraction of sp³-hybridized carbons (Fsp3) is 0.111. The number of anilines is 1. The normalized spacial score (nSPS) is 11.3. The van der Waals surface area contributed by atoms with Crippen molar-refractivity contribution in [2.24, 2.45) is 0 Å². The second-order valence-corrected chi connectivity index (χ2v) is 7.25. The van der Waals surface area contributed by atoms with E-state index in [1.54, 1.807) is 36.4 Å². The van der Waals surface area contributed by atoms with Crippen LogP contribution in [0.2, 0.25) is 0 Å². The quantitative estimate of drug-likeness (QED) is 0.714. The largest absolute Gasteiger partial charge is 0.480 e. The van der Waals surface area contributed by atoms with Crippen LogP contribution in [0.25, 0.3) is 10.8 Å². The Morgan fingerprint density at radius 2 is 1.85 bits per heavy atom. The molecular weight excluding hydrogens is 356 g/mol. The lowest BCUT2D eigenvalue weighted by molar-refractivity contribution is -0.135. The summed E-state index contributed by atoms with van der Waals surface area (Å²) in [5.41, 5.74) is 0.0605. The smallest absolute Gasteiger partial charge is 0.324 e. The first kappa shape index (κ1) is 17.7. The van der Waals surface area contributed by atoms with E-state index in [-0.39, 0.29) is 16.5 Å². The Morgan fingerprint density at radius 1 is 1.12 bits per heavy atom. The van der Waals surface area contributed by atoms with Crippen LogP contribution in [0, 0.1) is 0 Å². The molecule has 0 aliphatic rings. The molecule has 3 rings (SSSR count). The van der Waals surface area contributed by atoms with E-state index in [9.17, 15) is 18.3 Å². The Kier molecular flexibility index (Phi) is 4.77. The minimum absolute atomic E-state index is 0.0164. The molecule has 2 aromatic carbocycles. The number of carboxylic acids is 1. The Bertz CT molecular complexity index is 1060. The summed E-state index contributed by atoms with van der Waals surface area (Å²) >= 11 is 0. The average molecular weight is 372 g/mol. The maximum atomic E-state index is 13.3. The van der Waals surface area contributed by atoms with Gasteiger partial charge < -0.3 is 9.84 Å². The summed E-state index contributed by atoms with van der Waals surface area (Å²) in [4.78, 5) is 15.3. The van der Waals surface area contributed by atoms with Crippen LogP contribution < -0.4 is 9.04 Å². The maximum absolute atomic E-state index is 13.3. The van der Waals surface area contributed by atoms with Crippen molar-refractivity contribution in [3.8, 4) is 5.88 Å². The number of fused-ring (bicyclic) bond motifs is 1. The summed E-state index contributed by atoms with van der Waals surface area (Å²) in [6.07, 6.45) is 1.44. The molecule has 7 nitrogen and oxygen atoms in total. The molecule has 1 aromatic heterocycles. The highest BCUT2D eigenvalue weighted by Gasteiger charge is 2.31. The Balaban J connectivity index is 2.24. The number of aliphatic carboxylic acids is 1. The van der Waals surface area contributed by atoms with Crippen molar-refractivity contribution < 1.29 is 23.1 Å². The van der Waals surface area contributed by atoms with E-state index >= 15 is 0 Å². The van der Waals surface area contributed by atoms with Crippen molar-refractivity contribution in [2.75, 3.05) is 18.0 Å². The number of carboxylic acid groups (broad SMARTS) is 1. The summed E-state index contributed by atoms with van der Waals surface area (Å²) in [6.45, 7) is -0.756. The Labute approximate surface area is 150 Å². The zero-order valence-electron chi connectivity index (χ0n) is 13.9. The van der Waals surface area contributed by atoms with Gasteiger partial charge in [0, 0.05) is 11.6 Å². The molecule has 0 bridgehead atoms. The van der Waals surface area contributed by atoms with Gasteiger partial charge in [-0.05, 0) is 23.6 Å². The molecule has 0 amide bonds. The summed E-state index contributed by atoms with van der Waals surface area (Å²) in [5, 5.41) is 10.5. The van der Waals surface area contributed by atoms with E-state index in [0.29, 0.717) is 5.39 Å². The van der Waals surface area contributed by atoms with Crippen LogP contribution in [-0.2, 0) is 14.8 Å². The summed E-state index contributed by atoms with van der Waals surface area (Å²) < 4.78 is 32.6. The van der Waals surface area contributed by atoms with E-state index < -0.39 is 22.5 Å². The maximum Gasteiger partial charge on any atom is 0.324 e. The van der Waals surface area contributed by atoms with Gasteiger partial charge in [0.25, 0.3) is 10.0 Å². The zero-order chi connectivity index (χ0) is 18.7. The third kappa shape index (κ3) is 3.18. The summed E-state index contributed by atoms with van der Waals surface area (Å²) in [5.74, 6) is -1.27. The second kappa shape index (κ2) is 7.01. The minimum atomic E-state index is -4.18. The van der Waals surface area contributed by atoms with Gasteiger partial charge in [-0.2, -0.15) is 0 Å². The third-order valence-corrected chi connectivity index (χ3v) is 5.63. The van der Waals surface area contributed by atoms with E-state index in [1.807, 2.05) is 0 Å². The minimum Gasteiger partial charge on any atom is -0.480 e. The van der Waals surface area contributed by atoms with Gasteiger partial charge in [-0.3, -0.25) is 4.79 Å². The lowest BCUT2D eigenvalue weighted by Gasteiger charge is -2.24. The number of methoxy groups -OCH3 is 1. The van der Waals surface area contributed by atoms with Crippen LogP contribution in [-0.4, -0.2) is 38.1 Å². The van der Waals surface area contributed by atoms with E-state index in [0.717, 1.165) is 9.69 Å². The summed E-state index contributed by atoms with van der Waals surface area (Å²) in [7, 11) is -2.83. The highest BCUT2D eigenvalue weighted by atomic mass is 32.2. The molecule has 0 unspecified atom stereocenters. The molecule has 26 heavy (non-hydrogen) atoms. The molecule has 0 saturated heterocycles. The molecular formula is C18H16N2O5S. The van der Waals surface area contributed by atoms with Crippen LogP contribution >= 0.6 is 0 Å². The average Bonchev–Trinajstić information content (AvgIpc) is 2.65. The number of hydrogen-bond donors (Lipinski definition) is 1. The van der Waals surface area contributed by atoms with Crippen LogP contribution in [0.1, 0.15) is 0 Å². The second-order valence-electron chi connectivity index (χ2n) is 5.41. The predicted molar refractivity (Wildman–Crippen MR) is 96.9 cm³/mol. The SMILES string of the molecule is COc1ncccc1N(CC(=O)O)S(=O)(=O)c1cccc2ccccc12. The van der Waals surface area contributed by atoms with Crippen molar-refractivity contribution in [1.82, 2.24) is 4.98 Å². The fourth-order valence-corrected chi connectivity index (χ4v) is 4.32. The topological polar surface area (TPSA) is 96.8 Å². The molecule has 3 aromatic rings. The van der Waals surface area contributed by atoms with Gasteiger partial charge >= 0.3 is 5.97 Å². The van der Waals surface area contributed by atoms with Gasteiger partial charge in [0.05, 0.1) is 12.0 Å². The molecule has 134 valence electrons. The predicted octanol–water partition coefficient (Wildman–Crippen LogP) is 2.52. The van der Waals surface area contributed by atoms with Crippen LogP contribution in [0.4, 0.5) is 5.69 Å². The van der Waals surface area contributed by atoms with Gasteiger partial charge in [0.1, 0.15) is 12.2 Å². The fourth-order valence-electron chi connectivity index (χ4n) is 2.69. The molecule has 0 fully saturated rings. The van der Waals surface area contributed by atoms with Gasteiger partial charge in [-0.1, -0.05) is 36.4 Å². The first-order chi connectivity index (χ1) is 12.4. The standard InChI is InChI=1S/C18H16N2O5S/c1-25-18-15(9-5-11-19-18)20(12-17(21)22)26(23,24)16-10-4-7-13-6-2-3-8-14(13)16/h2-11H,12H2,1H3,(H,21,22). The van der Waals surface area contributed by atoms with Gasteiger partial charge in [-0.25, -0.2) is 17.7 Å². The lowest BCUT2D eigenvalue weighted by Crippen LogP contribution is -2.36. The number of nitrogens with zero attached hydrogens (tertiary/aromatic N) is 2. The number of hydrogen-bond acceptors (Lipinski definition) is 5. The highest BCUT2D eigenvalue weighted by Crippen LogP contribution is 2.32.